The third-order valence-corrected chi connectivity index (χ3v) is 0.998. The van der Waals surface area contributed by atoms with Crippen LogP contribution in [0.4, 0.5) is 17.6 Å². The zero-order valence-corrected chi connectivity index (χ0v) is 4.28. The van der Waals surface area contributed by atoms with Gasteiger partial charge in [0.25, 0.3) is 0 Å². The maximum Gasteiger partial charge on any atom is 0.422 e. The predicted octanol–water partition coefficient (Wildman–Crippen LogP) is 1.29. The van der Waals surface area contributed by atoms with E-state index in [0.29, 0.717) is 0 Å². The molecule has 0 aliphatic carbocycles. The summed E-state index contributed by atoms with van der Waals surface area (Å²) in [6.45, 7) is -0.110. The van der Waals surface area contributed by atoms with E-state index in [9.17, 15) is 17.6 Å². The lowest BCUT2D eigenvalue weighted by Gasteiger charge is -2.07. The smallest absolute Gasteiger partial charge is 0.370 e. The summed E-state index contributed by atoms with van der Waals surface area (Å²) >= 11 is 0. The van der Waals surface area contributed by atoms with Gasteiger partial charge in [0.2, 0.25) is 6.17 Å². The molecule has 1 aliphatic heterocycles. The topological polar surface area (TPSA) is 12.5 Å². The summed E-state index contributed by atoms with van der Waals surface area (Å²) in [6.07, 6.45) is -8.77. The number of hydrogen-bond acceptors (Lipinski definition) is 1. The molecule has 2 atom stereocenters. The molecule has 0 spiro atoms. The molecule has 1 heterocycles. The molecule has 0 amide bonds. The van der Waals surface area contributed by atoms with Crippen LogP contribution >= 0.6 is 0 Å². The van der Waals surface area contributed by atoms with Crippen molar-refractivity contribution in [1.29, 1.82) is 0 Å². The first-order valence-electron chi connectivity index (χ1n) is 2.34. The lowest BCUT2D eigenvalue weighted by molar-refractivity contribution is -0.185. The Morgan fingerprint density at radius 1 is 1.44 bits per heavy atom. The number of hydrogen-bond donors (Lipinski definition) is 0. The molecule has 1 nitrogen and oxygen atoms in total. The Morgan fingerprint density at radius 3 is 2.00 bits per heavy atom. The highest BCUT2D eigenvalue weighted by Gasteiger charge is 2.51. The fourth-order valence-corrected chi connectivity index (χ4v) is 0.435. The van der Waals surface area contributed by atoms with E-state index in [1.54, 1.807) is 0 Å². The molecule has 0 radical (unpaired) electrons. The van der Waals surface area contributed by atoms with Crippen LogP contribution in [0.1, 0.15) is 0 Å². The second-order valence-corrected chi connectivity index (χ2v) is 1.82. The third-order valence-electron chi connectivity index (χ3n) is 0.998. The van der Waals surface area contributed by atoms with Crippen molar-refractivity contribution in [2.75, 3.05) is 6.61 Å². The van der Waals surface area contributed by atoms with E-state index < -0.39 is 18.5 Å². The van der Waals surface area contributed by atoms with Crippen molar-refractivity contribution in [3.63, 3.8) is 0 Å². The molecule has 1 saturated heterocycles. The molecule has 1 aliphatic rings. The van der Waals surface area contributed by atoms with Crippen LogP contribution in [0, 0.1) is 0 Å². The maximum atomic E-state index is 11.8. The van der Waals surface area contributed by atoms with E-state index >= 15 is 0 Å². The Balaban J connectivity index is 2.40. The Bertz CT molecular complexity index is 106. The van der Waals surface area contributed by atoms with Gasteiger partial charge in [-0.3, -0.25) is 0 Å². The van der Waals surface area contributed by atoms with E-state index in [1.807, 2.05) is 0 Å². The minimum Gasteiger partial charge on any atom is -0.370 e. The van der Waals surface area contributed by atoms with Crippen LogP contribution in [0.3, 0.4) is 0 Å². The lowest BCUT2D eigenvalue weighted by Crippen LogP contribution is -2.29. The summed E-state index contributed by atoms with van der Waals surface area (Å²) < 4.78 is 49.8. The minimum absolute atomic E-state index is 0.110. The zero-order chi connectivity index (χ0) is 7.07. The van der Waals surface area contributed by atoms with E-state index in [2.05, 4.69) is 4.74 Å². The maximum absolute atomic E-state index is 11.8. The zero-order valence-electron chi connectivity index (χ0n) is 4.28. The number of halogens is 4. The lowest BCUT2D eigenvalue weighted by atomic mass is 10.3. The van der Waals surface area contributed by atoms with Gasteiger partial charge in [-0.15, -0.1) is 0 Å². The largest absolute Gasteiger partial charge is 0.422 e. The van der Waals surface area contributed by atoms with Crippen LogP contribution in [0.15, 0.2) is 0 Å². The van der Waals surface area contributed by atoms with Crippen molar-refractivity contribution < 1.29 is 22.3 Å². The molecule has 0 N–H and O–H groups in total. The fourth-order valence-electron chi connectivity index (χ4n) is 0.435. The molecule has 9 heavy (non-hydrogen) atoms. The Hall–Kier alpha value is -0.320. The Kier molecular flexibility index (Phi) is 1.38. The summed E-state index contributed by atoms with van der Waals surface area (Å²) in [5, 5.41) is 0. The summed E-state index contributed by atoms with van der Waals surface area (Å²) in [5.41, 5.74) is 0. The van der Waals surface area contributed by atoms with Gasteiger partial charge in [-0.05, 0) is 0 Å². The van der Waals surface area contributed by atoms with Crippen LogP contribution in [0.25, 0.3) is 0 Å². The summed E-state index contributed by atoms with van der Waals surface area (Å²) in [4.78, 5) is 0. The third kappa shape index (κ3) is 1.54. The van der Waals surface area contributed by atoms with Crippen molar-refractivity contribution in [2.24, 2.45) is 0 Å². The average Bonchev–Trinajstić information content (AvgIpc) is 2.40. The van der Waals surface area contributed by atoms with E-state index in [-0.39, 0.29) is 6.61 Å². The molecule has 1 rings (SSSR count). The standard InChI is InChI=1S/C4H4F4O/c5-3(2-1-9-2)4(6,7)8/h2-3H,1H2/t2-,3?/m0/s1. The fraction of sp³-hybridized carbons (Fsp3) is 1.00. The Morgan fingerprint density at radius 2 is 1.89 bits per heavy atom. The number of alkyl halides is 4. The highest BCUT2D eigenvalue weighted by molar-refractivity contribution is 4.83. The van der Waals surface area contributed by atoms with Crippen molar-refractivity contribution in [3.05, 3.63) is 0 Å². The molecule has 0 aromatic heterocycles. The van der Waals surface area contributed by atoms with Gasteiger partial charge in [0.05, 0.1) is 6.61 Å². The van der Waals surface area contributed by atoms with E-state index in [4.69, 9.17) is 0 Å². The van der Waals surface area contributed by atoms with Crippen molar-refractivity contribution in [1.82, 2.24) is 0 Å². The molecule has 0 bridgehead atoms. The van der Waals surface area contributed by atoms with Crippen molar-refractivity contribution in [3.8, 4) is 0 Å². The predicted molar refractivity (Wildman–Crippen MR) is 20.7 cm³/mol. The summed E-state index contributed by atoms with van der Waals surface area (Å²) in [7, 11) is 0. The van der Waals surface area contributed by atoms with Crippen LogP contribution in [-0.2, 0) is 4.74 Å². The number of ether oxygens (including phenoxy) is 1. The minimum atomic E-state index is -4.75. The van der Waals surface area contributed by atoms with Gasteiger partial charge in [0.15, 0.2) is 0 Å². The molecule has 1 unspecified atom stereocenters. The van der Waals surface area contributed by atoms with Gasteiger partial charge in [-0.2, -0.15) is 13.2 Å². The number of epoxide rings is 1. The molecule has 5 heteroatoms. The first-order chi connectivity index (χ1) is 4.02. The van der Waals surface area contributed by atoms with E-state index in [1.165, 1.54) is 0 Å². The van der Waals surface area contributed by atoms with Crippen LogP contribution in [0.5, 0.6) is 0 Å². The highest BCUT2D eigenvalue weighted by atomic mass is 19.4. The quantitative estimate of drug-likeness (QED) is 0.399. The van der Waals surface area contributed by atoms with Gasteiger partial charge in [-0.25, -0.2) is 4.39 Å². The molecule has 1 fully saturated rings. The van der Waals surface area contributed by atoms with Gasteiger partial charge >= 0.3 is 6.18 Å². The second-order valence-electron chi connectivity index (χ2n) is 1.82. The highest BCUT2D eigenvalue weighted by Crippen LogP contribution is 2.31. The second kappa shape index (κ2) is 1.83. The molecular formula is C4H4F4O. The average molecular weight is 144 g/mol. The van der Waals surface area contributed by atoms with Gasteiger partial charge in [-0.1, -0.05) is 0 Å². The SMILES string of the molecule is FC([C@@H]1CO1)C(F)(F)F. The molecule has 0 saturated carbocycles. The summed E-state index contributed by atoms with van der Waals surface area (Å²) in [5.74, 6) is 0. The molecular weight excluding hydrogens is 140 g/mol. The normalized spacial score (nSPS) is 30.0. The molecule has 0 aromatic rings. The van der Waals surface area contributed by atoms with E-state index in [0.717, 1.165) is 0 Å². The van der Waals surface area contributed by atoms with Gasteiger partial charge in [0, 0.05) is 0 Å². The number of rotatable bonds is 1. The first kappa shape index (κ1) is 6.80. The molecule has 54 valence electrons. The summed E-state index contributed by atoms with van der Waals surface area (Å²) in [6, 6.07) is 0. The first-order valence-corrected chi connectivity index (χ1v) is 2.34. The Labute approximate surface area is 48.6 Å². The van der Waals surface area contributed by atoms with Gasteiger partial charge < -0.3 is 4.74 Å². The van der Waals surface area contributed by atoms with Crippen LogP contribution in [-0.4, -0.2) is 25.1 Å². The van der Waals surface area contributed by atoms with Gasteiger partial charge in [0.1, 0.15) is 6.10 Å². The van der Waals surface area contributed by atoms with Crippen molar-refractivity contribution in [2.45, 2.75) is 18.5 Å². The van der Waals surface area contributed by atoms with Crippen LogP contribution < -0.4 is 0 Å². The monoisotopic (exact) mass is 144 g/mol. The van der Waals surface area contributed by atoms with Crippen LogP contribution in [0.2, 0.25) is 0 Å². The molecule has 0 aromatic carbocycles. The van der Waals surface area contributed by atoms with Crippen molar-refractivity contribution >= 4 is 0 Å².